The average Bonchev–Trinajstić information content (AvgIpc) is 3.03. The molecule has 0 fully saturated rings. The van der Waals surface area contributed by atoms with E-state index in [-0.39, 0.29) is 17.2 Å². The van der Waals surface area contributed by atoms with E-state index in [2.05, 4.69) is 31.4 Å². The van der Waals surface area contributed by atoms with Crippen LogP contribution in [-0.2, 0) is 11.8 Å². The van der Waals surface area contributed by atoms with Crippen molar-refractivity contribution in [3.63, 3.8) is 0 Å². The van der Waals surface area contributed by atoms with Crippen molar-refractivity contribution in [2.45, 2.75) is 36.7 Å². The Morgan fingerprint density at radius 2 is 1.97 bits per heavy atom. The highest BCUT2D eigenvalue weighted by Crippen LogP contribution is 2.30. The SMILES string of the molecule is CC[C@@H](Sc1nnc2c3cc(Br)ccc3n(C)c2n1)C(=O)N[C@@H](C)c1ccccc1. The fraction of sp³-hybridized carbons (Fsp3) is 0.273. The summed E-state index contributed by atoms with van der Waals surface area (Å²) < 4.78 is 2.99. The lowest BCUT2D eigenvalue weighted by atomic mass is 10.1. The molecule has 0 unspecified atom stereocenters. The van der Waals surface area contributed by atoms with E-state index < -0.39 is 0 Å². The lowest BCUT2D eigenvalue weighted by Crippen LogP contribution is -2.34. The topological polar surface area (TPSA) is 72.7 Å². The van der Waals surface area contributed by atoms with Crippen molar-refractivity contribution in [3.05, 3.63) is 58.6 Å². The summed E-state index contributed by atoms with van der Waals surface area (Å²) in [6.45, 7) is 3.98. The zero-order valence-electron chi connectivity index (χ0n) is 17.0. The van der Waals surface area contributed by atoms with E-state index in [1.165, 1.54) is 11.8 Å². The molecule has 0 saturated carbocycles. The van der Waals surface area contributed by atoms with Gasteiger partial charge in [0.2, 0.25) is 11.1 Å². The Kier molecular flexibility index (Phi) is 6.06. The summed E-state index contributed by atoms with van der Waals surface area (Å²) >= 11 is 4.86. The Hall–Kier alpha value is -2.45. The first kappa shape index (κ1) is 20.8. The second kappa shape index (κ2) is 8.73. The predicted molar refractivity (Wildman–Crippen MR) is 124 cm³/mol. The van der Waals surface area contributed by atoms with Crippen molar-refractivity contribution >= 4 is 55.7 Å². The standard InChI is InChI=1S/C22H22BrN5OS/c1-4-18(21(29)24-13(2)14-8-6-5-7-9-14)30-22-25-20-19(26-27-22)16-12-15(23)10-11-17(16)28(20)3/h5-13,18H,4H2,1-3H3,(H,24,29)/t13-,18+/m0/s1. The molecule has 1 N–H and O–H groups in total. The van der Waals surface area contributed by atoms with E-state index in [0.717, 1.165) is 32.1 Å². The molecule has 2 aromatic heterocycles. The molecule has 30 heavy (non-hydrogen) atoms. The van der Waals surface area contributed by atoms with Crippen LogP contribution in [0.15, 0.2) is 58.2 Å². The Morgan fingerprint density at radius 1 is 1.20 bits per heavy atom. The molecule has 154 valence electrons. The molecule has 6 nitrogen and oxygen atoms in total. The maximum Gasteiger partial charge on any atom is 0.234 e. The smallest absolute Gasteiger partial charge is 0.234 e. The molecule has 8 heteroatoms. The van der Waals surface area contributed by atoms with Gasteiger partial charge in [-0.3, -0.25) is 4.79 Å². The first-order chi connectivity index (χ1) is 14.5. The summed E-state index contributed by atoms with van der Waals surface area (Å²) in [5.74, 6) is -0.0245. The fourth-order valence-corrected chi connectivity index (χ4v) is 4.63. The number of hydrogen-bond donors (Lipinski definition) is 1. The van der Waals surface area contributed by atoms with Gasteiger partial charge in [-0.15, -0.1) is 10.2 Å². The lowest BCUT2D eigenvalue weighted by Gasteiger charge is -2.18. The summed E-state index contributed by atoms with van der Waals surface area (Å²) in [6.07, 6.45) is 0.668. The Bertz CT molecular complexity index is 1210. The molecule has 0 bridgehead atoms. The van der Waals surface area contributed by atoms with E-state index in [1.807, 2.05) is 74.0 Å². The summed E-state index contributed by atoms with van der Waals surface area (Å²) in [5, 5.41) is 13.0. The van der Waals surface area contributed by atoms with Crippen LogP contribution in [0.3, 0.4) is 0 Å². The molecule has 2 atom stereocenters. The van der Waals surface area contributed by atoms with Crippen LogP contribution < -0.4 is 5.32 Å². The summed E-state index contributed by atoms with van der Waals surface area (Å²) in [6, 6.07) is 15.9. The van der Waals surface area contributed by atoms with E-state index in [9.17, 15) is 4.79 Å². The lowest BCUT2D eigenvalue weighted by molar-refractivity contribution is -0.121. The number of aromatic nitrogens is 4. The number of hydrogen-bond acceptors (Lipinski definition) is 5. The second-order valence-electron chi connectivity index (χ2n) is 7.14. The number of halogens is 1. The molecule has 0 aliphatic carbocycles. The highest BCUT2D eigenvalue weighted by atomic mass is 79.9. The largest absolute Gasteiger partial charge is 0.349 e. The highest BCUT2D eigenvalue weighted by molar-refractivity contribution is 9.10. The molecule has 0 aliphatic heterocycles. The number of aryl methyl sites for hydroxylation is 1. The molecule has 0 radical (unpaired) electrons. The van der Waals surface area contributed by atoms with Crippen molar-refractivity contribution in [1.29, 1.82) is 0 Å². The minimum absolute atomic E-state index is 0.0245. The van der Waals surface area contributed by atoms with Crippen LogP contribution in [0, 0.1) is 0 Å². The van der Waals surface area contributed by atoms with Crippen molar-refractivity contribution in [2.75, 3.05) is 0 Å². The molecular weight excluding hydrogens is 462 g/mol. The third-order valence-corrected chi connectivity index (χ3v) is 6.82. The number of benzene rings is 2. The summed E-state index contributed by atoms with van der Waals surface area (Å²) in [4.78, 5) is 17.6. The number of carbonyl (C=O) groups is 1. The number of thioether (sulfide) groups is 1. The molecule has 0 aliphatic rings. The van der Waals surface area contributed by atoms with Gasteiger partial charge in [0.15, 0.2) is 5.65 Å². The zero-order chi connectivity index (χ0) is 21.3. The molecule has 4 rings (SSSR count). The number of carbonyl (C=O) groups excluding carboxylic acids is 1. The maximum atomic E-state index is 12.9. The van der Waals surface area contributed by atoms with Crippen LogP contribution in [0.2, 0.25) is 0 Å². The Morgan fingerprint density at radius 3 is 2.70 bits per heavy atom. The quantitative estimate of drug-likeness (QED) is 0.389. The van der Waals surface area contributed by atoms with Crippen molar-refractivity contribution in [1.82, 2.24) is 25.1 Å². The van der Waals surface area contributed by atoms with Crippen LogP contribution >= 0.6 is 27.7 Å². The minimum Gasteiger partial charge on any atom is -0.349 e. The van der Waals surface area contributed by atoms with Crippen molar-refractivity contribution in [2.24, 2.45) is 7.05 Å². The van der Waals surface area contributed by atoms with Gasteiger partial charge in [0.1, 0.15) is 5.52 Å². The first-order valence-electron chi connectivity index (χ1n) is 9.78. The van der Waals surface area contributed by atoms with Gasteiger partial charge in [-0.1, -0.05) is 64.9 Å². The second-order valence-corrected chi connectivity index (χ2v) is 9.23. The van der Waals surface area contributed by atoms with E-state index in [0.29, 0.717) is 11.6 Å². The van der Waals surface area contributed by atoms with E-state index in [1.54, 1.807) is 0 Å². The number of nitrogens with one attached hydrogen (secondary N) is 1. The average molecular weight is 484 g/mol. The summed E-state index contributed by atoms with van der Waals surface area (Å²) in [5.41, 5.74) is 3.63. The van der Waals surface area contributed by atoms with Crippen LogP contribution in [0.5, 0.6) is 0 Å². The molecule has 2 aromatic carbocycles. The van der Waals surface area contributed by atoms with Gasteiger partial charge in [0.25, 0.3) is 0 Å². The minimum atomic E-state index is -0.292. The zero-order valence-corrected chi connectivity index (χ0v) is 19.4. The predicted octanol–water partition coefficient (Wildman–Crippen LogP) is 5.03. The number of nitrogens with zero attached hydrogens (tertiary/aromatic N) is 4. The molecule has 4 aromatic rings. The summed E-state index contributed by atoms with van der Waals surface area (Å²) in [7, 11) is 1.97. The maximum absolute atomic E-state index is 12.9. The van der Waals surface area contributed by atoms with Gasteiger partial charge in [-0.05, 0) is 37.1 Å². The van der Waals surface area contributed by atoms with Crippen molar-refractivity contribution in [3.8, 4) is 0 Å². The first-order valence-corrected chi connectivity index (χ1v) is 11.5. The molecule has 1 amide bonds. The third-order valence-electron chi connectivity index (χ3n) is 5.11. The molecule has 2 heterocycles. The van der Waals surface area contributed by atoms with Gasteiger partial charge in [-0.25, -0.2) is 4.98 Å². The van der Waals surface area contributed by atoms with Gasteiger partial charge in [0, 0.05) is 16.9 Å². The highest BCUT2D eigenvalue weighted by Gasteiger charge is 2.22. The van der Waals surface area contributed by atoms with E-state index >= 15 is 0 Å². The molecular formula is C22H22BrN5OS. The number of rotatable bonds is 6. The van der Waals surface area contributed by atoms with E-state index in [4.69, 9.17) is 4.98 Å². The number of amides is 1. The Labute approximate surface area is 187 Å². The van der Waals surface area contributed by atoms with Gasteiger partial charge in [0.05, 0.1) is 16.8 Å². The number of fused-ring (bicyclic) bond motifs is 3. The monoisotopic (exact) mass is 483 g/mol. The van der Waals surface area contributed by atoms with Crippen LogP contribution in [0.1, 0.15) is 31.9 Å². The van der Waals surface area contributed by atoms with Crippen molar-refractivity contribution < 1.29 is 4.79 Å². The molecule has 0 spiro atoms. The van der Waals surface area contributed by atoms with Gasteiger partial charge < -0.3 is 9.88 Å². The third kappa shape index (κ3) is 4.06. The van der Waals surface area contributed by atoms with Gasteiger partial charge in [-0.2, -0.15) is 0 Å². The van der Waals surface area contributed by atoms with Crippen LogP contribution in [0.4, 0.5) is 0 Å². The van der Waals surface area contributed by atoms with Crippen LogP contribution in [-0.4, -0.2) is 30.9 Å². The molecule has 0 saturated heterocycles. The van der Waals surface area contributed by atoms with Gasteiger partial charge >= 0.3 is 0 Å². The fourth-order valence-electron chi connectivity index (χ4n) is 3.45. The normalized spacial score (nSPS) is 13.5. The Balaban J connectivity index is 1.56. The van der Waals surface area contributed by atoms with Crippen LogP contribution in [0.25, 0.3) is 22.1 Å².